The van der Waals surface area contributed by atoms with E-state index in [0.29, 0.717) is 5.92 Å². The first-order valence-electron chi connectivity index (χ1n) is 8.64. The first-order valence-corrected chi connectivity index (χ1v) is 9.01. The number of rotatable bonds is 3. The number of benzene rings is 2. The molecule has 0 unspecified atom stereocenters. The summed E-state index contributed by atoms with van der Waals surface area (Å²) in [7, 11) is 0. The predicted molar refractivity (Wildman–Crippen MR) is 101 cm³/mol. The lowest BCUT2D eigenvalue weighted by atomic mass is 9.92. The molecule has 0 amide bonds. The predicted octanol–water partition coefficient (Wildman–Crippen LogP) is 5.20. The Hall–Kier alpha value is -2.33. The molecule has 0 aliphatic carbocycles. The molecule has 0 spiro atoms. The van der Waals surface area contributed by atoms with Crippen molar-refractivity contribution >= 4 is 17.5 Å². The molecule has 1 aliphatic heterocycles. The highest BCUT2D eigenvalue weighted by Gasteiger charge is 2.30. The molecular weight excluding hydrogens is 332 g/mol. The van der Waals surface area contributed by atoms with Crippen LogP contribution in [0.3, 0.4) is 0 Å². The maximum Gasteiger partial charge on any atom is 0.222 e. The smallest absolute Gasteiger partial charge is 0.222 e. The molecule has 4 rings (SSSR count). The number of hydrogen-bond donors (Lipinski definition) is 1. The second-order valence-electron chi connectivity index (χ2n) is 6.82. The van der Waals surface area contributed by atoms with Crippen molar-refractivity contribution in [3.63, 3.8) is 0 Å². The van der Waals surface area contributed by atoms with Crippen LogP contribution in [0.25, 0.3) is 0 Å². The largest absolute Gasteiger partial charge is 0.348 e. The number of aromatic nitrogens is 3. The van der Waals surface area contributed by atoms with Crippen molar-refractivity contribution in [1.29, 1.82) is 0 Å². The summed E-state index contributed by atoms with van der Waals surface area (Å²) < 4.78 is 1.93. The number of fused-ring (bicyclic) bond motifs is 1. The first kappa shape index (κ1) is 16.2. The summed E-state index contributed by atoms with van der Waals surface area (Å²) in [4.78, 5) is 4.38. The van der Waals surface area contributed by atoms with Crippen LogP contribution >= 0.6 is 11.6 Å². The van der Waals surface area contributed by atoms with Gasteiger partial charge in [-0.2, -0.15) is 10.1 Å². The average molecular weight is 353 g/mol. The van der Waals surface area contributed by atoms with Gasteiger partial charge in [0.05, 0.1) is 12.1 Å². The molecule has 2 aromatic carbocycles. The summed E-state index contributed by atoms with van der Waals surface area (Å²) in [5, 5.41) is 8.68. The van der Waals surface area contributed by atoms with E-state index in [-0.39, 0.29) is 12.1 Å². The van der Waals surface area contributed by atoms with E-state index in [9.17, 15) is 0 Å². The third kappa shape index (κ3) is 3.02. The van der Waals surface area contributed by atoms with Crippen molar-refractivity contribution in [2.75, 3.05) is 5.32 Å². The molecule has 4 nitrogen and oxygen atoms in total. The van der Waals surface area contributed by atoms with Gasteiger partial charge in [-0.15, -0.1) is 0 Å². The summed E-state index contributed by atoms with van der Waals surface area (Å²) in [6.07, 6.45) is 2.47. The minimum Gasteiger partial charge on any atom is -0.348 e. The molecule has 0 bridgehead atoms. The number of halogens is 1. The summed E-state index contributed by atoms with van der Waals surface area (Å²) in [6.45, 7) is 4.42. The number of nitrogens with one attached hydrogen (secondary N) is 1. The van der Waals surface area contributed by atoms with E-state index in [2.05, 4.69) is 59.6 Å². The highest BCUT2D eigenvalue weighted by Crippen LogP contribution is 2.39. The summed E-state index contributed by atoms with van der Waals surface area (Å²) in [5.74, 6) is 1.32. The van der Waals surface area contributed by atoms with Gasteiger partial charge in [0.2, 0.25) is 5.95 Å². The Morgan fingerprint density at radius 1 is 1.12 bits per heavy atom. The molecule has 1 N–H and O–H groups in total. The monoisotopic (exact) mass is 352 g/mol. The lowest BCUT2D eigenvalue weighted by molar-refractivity contribution is 0.431. The highest BCUT2D eigenvalue weighted by molar-refractivity contribution is 6.31. The minimum atomic E-state index is 0.0715. The van der Waals surface area contributed by atoms with Crippen LogP contribution in [0, 0.1) is 0 Å². The van der Waals surface area contributed by atoms with E-state index in [1.807, 2.05) is 22.9 Å². The van der Waals surface area contributed by atoms with Crippen molar-refractivity contribution < 1.29 is 0 Å². The molecule has 5 heteroatoms. The molecule has 25 heavy (non-hydrogen) atoms. The van der Waals surface area contributed by atoms with E-state index >= 15 is 0 Å². The molecule has 0 saturated heterocycles. The van der Waals surface area contributed by atoms with Gasteiger partial charge < -0.3 is 5.32 Å². The van der Waals surface area contributed by atoms with E-state index < -0.39 is 0 Å². The van der Waals surface area contributed by atoms with Crippen LogP contribution in [-0.2, 0) is 0 Å². The number of anilines is 1. The van der Waals surface area contributed by atoms with Crippen LogP contribution in [-0.4, -0.2) is 14.8 Å². The Morgan fingerprint density at radius 2 is 1.88 bits per heavy atom. The standard InChI is InChI=1S/C20H21ClN4/c1-13(2)14-7-9-15(10-8-14)18-11-19(16-5-3-4-6-17(16)21)25-20(24-18)22-12-23-25/h3-10,12-13,18-19H,11H2,1-2H3,(H,22,23,24)/t18-,19-/m0/s1. The second-order valence-corrected chi connectivity index (χ2v) is 7.23. The van der Waals surface area contributed by atoms with Gasteiger partial charge in [-0.1, -0.05) is 67.9 Å². The Bertz CT molecular complexity index is 869. The normalized spacial score (nSPS) is 19.5. The fourth-order valence-electron chi connectivity index (χ4n) is 3.46. The van der Waals surface area contributed by atoms with Crippen molar-refractivity contribution in [2.24, 2.45) is 0 Å². The summed E-state index contributed by atoms with van der Waals surface area (Å²) >= 11 is 6.46. The Labute approximate surface area is 152 Å². The van der Waals surface area contributed by atoms with E-state index in [0.717, 1.165) is 23.0 Å². The molecule has 1 aliphatic rings. The van der Waals surface area contributed by atoms with Crippen LogP contribution in [0.2, 0.25) is 5.02 Å². The number of nitrogens with zero attached hydrogens (tertiary/aromatic N) is 3. The van der Waals surface area contributed by atoms with Crippen LogP contribution in [0.15, 0.2) is 54.9 Å². The third-order valence-electron chi connectivity index (χ3n) is 4.90. The zero-order chi connectivity index (χ0) is 17.4. The quantitative estimate of drug-likeness (QED) is 0.704. The van der Waals surface area contributed by atoms with Gasteiger partial charge in [0.25, 0.3) is 0 Å². The Kier molecular flexibility index (Phi) is 4.22. The highest BCUT2D eigenvalue weighted by atomic mass is 35.5. The lowest BCUT2D eigenvalue weighted by Crippen LogP contribution is -2.28. The molecule has 0 radical (unpaired) electrons. The minimum absolute atomic E-state index is 0.0715. The Balaban J connectivity index is 1.70. The first-order chi connectivity index (χ1) is 12.1. The summed E-state index contributed by atoms with van der Waals surface area (Å²) in [6, 6.07) is 17.1. The molecule has 128 valence electrons. The third-order valence-corrected chi connectivity index (χ3v) is 5.24. The van der Waals surface area contributed by atoms with Gasteiger partial charge >= 0.3 is 0 Å². The molecule has 3 aromatic rings. The van der Waals surface area contributed by atoms with E-state index in [1.54, 1.807) is 6.33 Å². The zero-order valence-electron chi connectivity index (χ0n) is 14.4. The SMILES string of the molecule is CC(C)c1ccc([C@@H]2C[C@@H](c3ccccc3Cl)n3ncnc3N2)cc1. The van der Waals surface area contributed by atoms with Crippen LogP contribution in [0.1, 0.15) is 55.0 Å². The summed E-state index contributed by atoms with van der Waals surface area (Å²) in [5.41, 5.74) is 3.70. The Morgan fingerprint density at radius 3 is 2.60 bits per heavy atom. The zero-order valence-corrected chi connectivity index (χ0v) is 15.1. The topological polar surface area (TPSA) is 42.7 Å². The van der Waals surface area contributed by atoms with Crippen molar-refractivity contribution in [2.45, 2.75) is 38.3 Å². The molecule has 2 atom stereocenters. The lowest BCUT2D eigenvalue weighted by Gasteiger charge is -2.32. The molecule has 2 heterocycles. The second kappa shape index (κ2) is 6.52. The van der Waals surface area contributed by atoms with Crippen LogP contribution < -0.4 is 5.32 Å². The number of hydrogen-bond acceptors (Lipinski definition) is 3. The van der Waals surface area contributed by atoms with Gasteiger partial charge in [-0.3, -0.25) is 0 Å². The van der Waals surface area contributed by atoms with Gasteiger partial charge in [-0.05, 0) is 35.1 Å². The average Bonchev–Trinajstić information content (AvgIpc) is 3.10. The van der Waals surface area contributed by atoms with Crippen molar-refractivity contribution in [3.8, 4) is 0 Å². The van der Waals surface area contributed by atoms with Gasteiger partial charge in [-0.25, -0.2) is 4.68 Å². The van der Waals surface area contributed by atoms with Crippen molar-refractivity contribution in [1.82, 2.24) is 14.8 Å². The molecule has 1 aromatic heterocycles. The fraction of sp³-hybridized carbons (Fsp3) is 0.300. The van der Waals surface area contributed by atoms with E-state index in [1.165, 1.54) is 11.1 Å². The van der Waals surface area contributed by atoms with Gasteiger partial charge in [0.1, 0.15) is 6.33 Å². The fourth-order valence-corrected chi connectivity index (χ4v) is 3.72. The van der Waals surface area contributed by atoms with Crippen LogP contribution in [0.4, 0.5) is 5.95 Å². The molecule has 0 saturated carbocycles. The molecule has 0 fully saturated rings. The van der Waals surface area contributed by atoms with E-state index in [4.69, 9.17) is 11.6 Å². The maximum absolute atomic E-state index is 6.46. The molecular formula is C20H21ClN4. The van der Waals surface area contributed by atoms with Crippen LogP contribution in [0.5, 0.6) is 0 Å². The van der Waals surface area contributed by atoms with Crippen molar-refractivity contribution in [3.05, 3.63) is 76.6 Å². The maximum atomic E-state index is 6.46. The van der Waals surface area contributed by atoms with Gasteiger partial charge in [0, 0.05) is 5.02 Å². The van der Waals surface area contributed by atoms with Gasteiger partial charge in [0.15, 0.2) is 0 Å².